The van der Waals surface area contributed by atoms with Gasteiger partial charge in [-0.15, -0.1) is 11.3 Å². The topological polar surface area (TPSA) is 71.1 Å². The average molecular weight is 487 g/mol. The number of fused-ring (bicyclic) bond motifs is 1. The first-order chi connectivity index (χ1) is 15.4. The minimum atomic E-state index is -0.130. The Balaban J connectivity index is 1.53. The van der Waals surface area contributed by atoms with E-state index < -0.39 is 0 Å². The summed E-state index contributed by atoms with van der Waals surface area (Å²) < 4.78 is 5.55. The van der Waals surface area contributed by atoms with E-state index in [1.165, 1.54) is 18.3 Å². The quantitative estimate of drug-likeness (QED) is 0.295. The minimum absolute atomic E-state index is 0.130. The maximum atomic E-state index is 12.5. The van der Waals surface area contributed by atoms with E-state index in [9.17, 15) is 4.79 Å². The highest BCUT2D eigenvalue weighted by molar-refractivity contribution is 7.98. The lowest BCUT2D eigenvalue weighted by molar-refractivity contribution is -0.115. The van der Waals surface area contributed by atoms with E-state index in [1.807, 2.05) is 56.5 Å². The van der Waals surface area contributed by atoms with Gasteiger partial charge in [-0.1, -0.05) is 29.4 Å². The van der Waals surface area contributed by atoms with Crippen molar-refractivity contribution in [1.82, 2.24) is 15.0 Å². The number of benzene rings is 2. The van der Waals surface area contributed by atoms with Crippen molar-refractivity contribution in [3.05, 3.63) is 57.6 Å². The maximum absolute atomic E-state index is 12.5. The first-order valence-corrected chi connectivity index (χ1v) is 12.4. The highest BCUT2D eigenvalue weighted by atomic mass is 35.5. The molecule has 2 aromatic heterocycles. The van der Waals surface area contributed by atoms with E-state index in [2.05, 4.69) is 9.97 Å². The monoisotopic (exact) mass is 486 g/mol. The molecule has 0 saturated carbocycles. The number of thioether (sulfide) groups is 1. The van der Waals surface area contributed by atoms with Crippen LogP contribution in [0.2, 0.25) is 5.02 Å². The number of carbonyl (C=O) groups excluding carboxylic acids is 1. The number of aromatic amines is 1. The van der Waals surface area contributed by atoms with Gasteiger partial charge in [-0.3, -0.25) is 9.69 Å². The van der Waals surface area contributed by atoms with Crippen molar-refractivity contribution in [2.75, 3.05) is 11.5 Å². The van der Waals surface area contributed by atoms with Crippen LogP contribution in [0.25, 0.3) is 11.0 Å². The molecule has 6 nitrogen and oxygen atoms in total. The van der Waals surface area contributed by atoms with Crippen LogP contribution in [0, 0.1) is 13.8 Å². The number of carbonyl (C=O) groups is 1. The number of aromatic nitrogens is 3. The fraction of sp³-hybridized carbons (Fsp3) is 0.261. The van der Waals surface area contributed by atoms with Crippen molar-refractivity contribution in [3.63, 3.8) is 0 Å². The Bertz CT molecular complexity index is 1260. The third-order valence-electron chi connectivity index (χ3n) is 4.77. The van der Waals surface area contributed by atoms with Gasteiger partial charge >= 0.3 is 0 Å². The van der Waals surface area contributed by atoms with Crippen molar-refractivity contribution >= 4 is 62.5 Å². The predicted octanol–water partition coefficient (Wildman–Crippen LogP) is 6.67. The molecule has 0 aliphatic carbocycles. The number of nitrogens with zero attached hydrogens (tertiary/aromatic N) is 3. The molecule has 0 fully saturated rings. The molecule has 0 unspecified atom stereocenters. The van der Waals surface area contributed by atoms with Crippen LogP contribution in [0.3, 0.4) is 0 Å². The highest BCUT2D eigenvalue weighted by Gasteiger charge is 2.22. The van der Waals surface area contributed by atoms with Crippen molar-refractivity contribution in [2.45, 2.75) is 38.6 Å². The number of thiazole rings is 1. The largest absolute Gasteiger partial charge is 0.494 e. The Morgan fingerprint density at radius 1 is 1.25 bits per heavy atom. The van der Waals surface area contributed by atoms with E-state index in [0.717, 1.165) is 38.8 Å². The number of imidazole rings is 1. The number of hydrogen-bond donors (Lipinski definition) is 1. The molecule has 9 heteroatoms. The molecule has 4 rings (SSSR count). The summed E-state index contributed by atoms with van der Waals surface area (Å²) in [6.07, 6.45) is 0. The summed E-state index contributed by atoms with van der Waals surface area (Å²) in [5.41, 5.74) is 5.37. The molecule has 166 valence electrons. The molecule has 0 bridgehead atoms. The lowest BCUT2D eigenvalue weighted by Gasteiger charge is -2.22. The zero-order valence-corrected chi connectivity index (χ0v) is 20.6. The Hall–Kier alpha value is -2.55. The second-order valence-electron chi connectivity index (χ2n) is 7.33. The number of aryl methyl sites for hydroxylation is 2. The van der Waals surface area contributed by atoms with Crippen LogP contribution in [0.15, 0.2) is 40.9 Å². The molecular formula is C23H23ClN4O2S2. The number of hydrogen-bond acceptors (Lipinski definition) is 6. The van der Waals surface area contributed by atoms with E-state index in [0.29, 0.717) is 28.2 Å². The van der Waals surface area contributed by atoms with Gasteiger partial charge in [-0.05, 0) is 50.1 Å². The predicted molar refractivity (Wildman–Crippen MR) is 133 cm³/mol. The fourth-order valence-corrected chi connectivity index (χ4v) is 5.64. The summed E-state index contributed by atoms with van der Waals surface area (Å²) in [7, 11) is 0. The third-order valence-corrected chi connectivity index (χ3v) is 6.84. The van der Waals surface area contributed by atoms with Crippen LogP contribution >= 0.6 is 34.7 Å². The van der Waals surface area contributed by atoms with Gasteiger partial charge in [0, 0.05) is 24.1 Å². The van der Waals surface area contributed by atoms with E-state index in [1.54, 1.807) is 16.7 Å². The number of H-pyrrole nitrogens is 1. The van der Waals surface area contributed by atoms with E-state index in [4.69, 9.17) is 21.3 Å². The van der Waals surface area contributed by atoms with Crippen LogP contribution in [0.1, 0.15) is 30.7 Å². The smallest absolute Gasteiger partial charge is 0.230 e. The van der Waals surface area contributed by atoms with Gasteiger partial charge in [-0.2, -0.15) is 0 Å². The maximum Gasteiger partial charge on any atom is 0.230 e. The summed E-state index contributed by atoms with van der Waals surface area (Å²) >= 11 is 9.49. The zero-order chi connectivity index (χ0) is 22.8. The number of rotatable bonds is 7. The molecule has 0 spiro atoms. The van der Waals surface area contributed by atoms with Gasteiger partial charge in [0.05, 0.1) is 34.0 Å². The molecule has 0 aliphatic heterocycles. The van der Waals surface area contributed by atoms with Crippen LogP contribution < -0.4 is 9.64 Å². The molecule has 0 saturated heterocycles. The molecule has 0 aliphatic rings. The van der Waals surface area contributed by atoms with E-state index >= 15 is 0 Å². The normalized spacial score (nSPS) is 11.2. The van der Waals surface area contributed by atoms with Crippen LogP contribution in [-0.4, -0.2) is 27.5 Å². The summed E-state index contributed by atoms with van der Waals surface area (Å²) in [5.74, 6) is 1.31. The lowest BCUT2D eigenvalue weighted by Crippen LogP contribution is -2.24. The molecule has 32 heavy (non-hydrogen) atoms. The Labute approximate surface area is 200 Å². The van der Waals surface area contributed by atoms with Crippen molar-refractivity contribution in [2.24, 2.45) is 0 Å². The first kappa shape index (κ1) is 22.6. The summed E-state index contributed by atoms with van der Waals surface area (Å²) in [6.45, 7) is 8.04. The Morgan fingerprint density at radius 2 is 2.06 bits per heavy atom. The molecule has 4 aromatic rings. The van der Waals surface area contributed by atoms with Gasteiger partial charge < -0.3 is 9.72 Å². The van der Waals surface area contributed by atoms with Gasteiger partial charge in [0.1, 0.15) is 5.75 Å². The Kier molecular flexibility index (Phi) is 6.74. The standard InChI is InChI=1S/C23H23ClN4O2S2/c1-5-30-17-6-7-19-20(10-17)27-22(26-19)31-11-16-12-32-23(25-16)28(15(4)29)21-14(3)8-13(2)9-18(21)24/h6-10,12H,5,11H2,1-4H3,(H,26,27). The zero-order valence-electron chi connectivity index (χ0n) is 18.2. The van der Waals surface area contributed by atoms with Gasteiger partial charge in [0.25, 0.3) is 0 Å². The third kappa shape index (κ3) is 4.77. The Morgan fingerprint density at radius 3 is 2.78 bits per heavy atom. The molecular weight excluding hydrogens is 464 g/mol. The molecule has 1 amide bonds. The summed E-state index contributed by atoms with van der Waals surface area (Å²) in [4.78, 5) is 26.7. The lowest BCUT2D eigenvalue weighted by atomic mass is 10.1. The number of nitrogens with one attached hydrogen (secondary N) is 1. The number of amides is 1. The molecule has 0 atom stereocenters. The molecule has 2 heterocycles. The molecule has 0 radical (unpaired) electrons. The molecule has 2 aromatic carbocycles. The highest BCUT2D eigenvalue weighted by Crippen LogP contribution is 2.38. The van der Waals surface area contributed by atoms with Crippen LogP contribution in [0.5, 0.6) is 5.75 Å². The second-order valence-corrected chi connectivity index (χ2v) is 9.54. The van der Waals surface area contributed by atoms with Crippen molar-refractivity contribution < 1.29 is 9.53 Å². The number of halogens is 1. The summed E-state index contributed by atoms with van der Waals surface area (Å²) in [6, 6.07) is 9.70. The fourth-order valence-electron chi connectivity index (χ4n) is 3.48. The SMILES string of the molecule is CCOc1ccc2nc(SCc3csc(N(C(C)=O)c4c(C)cc(C)cc4Cl)n3)[nH]c2c1. The summed E-state index contributed by atoms with van der Waals surface area (Å²) in [5, 5.41) is 3.92. The number of anilines is 2. The van der Waals surface area contributed by atoms with E-state index in [-0.39, 0.29) is 5.91 Å². The van der Waals surface area contributed by atoms with Gasteiger partial charge in [-0.25, -0.2) is 9.97 Å². The molecule has 1 N–H and O–H groups in total. The van der Waals surface area contributed by atoms with Crippen LogP contribution in [-0.2, 0) is 10.5 Å². The second kappa shape index (κ2) is 9.52. The average Bonchev–Trinajstić information content (AvgIpc) is 3.35. The van der Waals surface area contributed by atoms with Gasteiger partial charge in [0.2, 0.25) is 5.91 Å². The van der Waals surface area contributed by atoms with Crippen molar-refractivity contribution in [3.8, 4) is 5.75 Å². The first-order valence-electron chi connectivity index (χ1n) is 10.1. The van der Waals surface area contributed by atoms with Crippen LogP contribution in [0.4, 0.5) is 10.8 Å². The number of ether oxygens (including phenoxy) is 1. The van der Waals surface area contributed by atoms with Gasteiger partial charge in [0.15, 0.2) is 10.3 Å². The van der Waals surface area contributed by atoms with Crippen molar-refractivity contribution in [1.29, 1.82) is 0 Å². The minimum Gasteiger partial charge on any atom is -0.494 e.